The maximum atomic E-state index is 6.05. The van der Waals surface area contributed by atoms with Crippen molar-refractivity contribution in [1.82, 2.24) is 9.97 Å². The zero-order valence-electron chi connectivity index (χ0n) is 13.4. The molecule has 5 heteroatoms. The van der Waals surface area contributed by atoms with Crippen LogP contribution in [0.25, 0.3) is 10.2 Å². The summed E-state index contributed by atoms with van der Waals surface area (Å²) in [5.41, 5.74) is -0.379. The number of ether oxygens (including phenoxy) is 1. The molecule has 1 N–H and O–H groups in total. The van der Waals surface area contributed by atoms with Gasteiger partial charge in [-0.25, -0.2) is 9.97 Å². The van der Waals surface area contributed by atoms with E-state index in [0.29, 0.717) is 6.61 Å². The lowest BCUT2D eigenvalue weighted by molar-refractivity contribution is -0.0568. The summed E-state index contributed by atoms with van der Waals surface area (Å²) in [7, 11) is 0. The molecule has 0 aliphatic rings. The minimum Gasteiger partial charge on any atom is -0.369 e. The van der Waals surface area contributed by atoms with Gasteiger partial charge in [0.15, 0.2) is 5.82 Å². The molecular weight excluding hydrogens is 282 g/mol. The monoisotopic (exact) mass is 307 g/mol. The van der Waals surface area contributed by atoms with Crippen molar-refractivity contribution in [3.63, 3.8) is 0 Å². The molecule has 0 amide bonds. The summed E-state index contributed by atoms with van der Waals surface area (Å²) in [6.07, 6.45) is 2.83. The molecule has 0 spiro atoms. The Labute approximate surface area is 131 Å². The van der Waals surface area contributed by atoms with E-state index in [2.05, 4.69) is 37.5 Å². The van der Waals surface area contributed by atoms with Crippen LogP contribution in [0.3, 0.4) is 0 Å². The van der Waals surface area contributed by atoms with Gasteiger partial charge in [0, 0.05) is 13.2 Å². The van der Waals surface area contributed by atoms with Crippen LogP contribution >= 0.6 is 11.3 Å². The van der Waals surface area contributed by atoms with Crippen molar-refractivity contribution in [3.05, 3.63) is 17.3 Å². The first-order valence-electron chi connectivity index (χ1n) is 7.84. The third-order valence-corrected chi connectivity index (χ3v) is 4.64. The Morgan fingerprint density at radius 1 is 1.19 bits per heavy atom. The Morgan fingerprint density at radius 3 is 2.57 bits per heavy atom. The van der Waals surface area contributed by atoms with Gasteiger partial charge in [-0.2, -0.15) is 0 Å². The lowest BCUT2D eigenvalue weighted by atomic mass is 9.96. The molecule has 4 nitrogen and oxygen atoms in total. The van der Waals surface area contributed by atoms with Gasteiger partial charge in [0.05, 0.1) is 5.39 Å². The van der Waals surface area contributed by atoms with Crippen molar-refractivity contribution < 1.29 is 4.74 Å². The van der Waals surface area contributed by atoms with Crippen LogP contribution in [-0.4, -0.2) is 23.1 Å². The fourth-order valence-corrected chi connectivity index (χ4v) is 3.31. The first-order valence-corrected chi connectivity index (χ1v) is 8.72. The molecule has 2 heterocycles. The summed E-state index contributed by atoms with van der Waals surface area (Å²) in [6.45, 7) is 10.1. The zero-order valence-corrected chi connectivity index (χ0v) is 14.2. The topological polar surface area (TPSA) is 47.0 Å². The molecule has 0 aliphatic carbocycles. The largest absolute Gasteiger partial charge is 0.369 e. The minimum atomic E-state index is -0.379. The molecule has 0 atom stereocenters. The number of hydrogen-bond acceptors (Lipinski definition) is 5. The van der Waals surface area contributed by atoms with Crippen LogP contribution in [0.5, 0.6) is 0 Å². The molecule has 2 rings (SSSR count). The van der Waals surface area contributed by atoms with E-state index in [1.807, 2.05) is 6.92 Å². The van der Waals surface area contributed by atoms with E-state index >= 15 is 0 Å². The third kappa shape index (κ3) is 3.19. The molecule has 0 aliphatic heterocycles. The lowest BCUT2D eigenvalue weighted by Crippen LogP contribution is -2.31. The maximum absolute atomic E-state index is 6.05. The van der Waals surface area contributed by atoms with E-state index in [1.165, 1.54) is 0 Å². The zero-order chi connectivity index (χ0) is 15.3. The number of nitrogens with one attached hydrogen (secondary N) is 1. The van der Waals surface area contributed by atoms with Gasteiger partial charge in [0.25, 0.3) is 0 Å². The fourth-order valence-electron chi connectivity index (χ4n) is 2.55. The van der Waals surface area contributed by atoms with Crippen molar-refractivity contribution >= 4 is 27.4 Å². The Bertz CT molecular complexity index is 578. The van der Waals surface area contributed by atoms with Gasteiger partial charge in [-0.15, -0.1) is 11.3 Å². The third-order valence-electron chi connectivity index (χ3n) is 3.84. The summed E-state index contributed by atoms with van der Waals surface area (Å²) in [6, 6.07) is 2.09. The second-order valence-corrected chi connectivity index (χ2v) is 5.99. The van der Waals surface area contributed by atoms with Crippen LogP contribution < -0.4 is 5.32 Å². The van der Waals surface area contributed by atoms with E-state index < -0.39 is 0 Å². The number of nitrogens with zero attached hydrogens (tertiary/aromatic N) is 2. The Balaban J connectivity index is 2.51. The smallest absolute Gasteiger partial charge is 0.164 e. The van der Waals surface area contributed by atoms with Gasteiger partial charge >= 0.3 is 0 Å². The first-order chi connectivity index (χ1) is 10.2. The molecule has 0 saturated heterocycles. The molecule has 0 fully saturated rings. The number of aromatic nitrogens is 2. The average Bonchev–Trinajstić information content (AvgIpc) is 2.99. The van der Waals surface area contributed by atoms with Crippen molar-refractivity contribution in [3.8, 4) is 0 Å². The highest BCUT2D eigenvalue weighted by molar-refractivity contribution is 7.16. The van der Waals surface area contributed by atoms with Crippen molar-refractivity contribution in [2.24, 2.45) is 0 Å². The summed E-state index contributed by atoms with van der Waals surface area (Å²) in [4.78, 5) is 10.6. The number of rotatable bonds is 8. The van der Waals surface area contributed by atoms with Crippen LogP contribution in [-0.2, 0) is 10.3 Å². The van der Waals surface area contributed by atoms with Gasteiger partial charge < -0.3 is 10.1 Å². The van der Waals surface area contributed by atoms with Gasteiger partial charge in [0.1, 0.15) is 16.2 Å². The fraction of sp³-hybridized carbons (Fsp3) is 0.625. The average molecular weight is 307 g/mol. The lowest BCUT2D eigenvalue weighted by Gasteiger charge is -2.30. The Morgan fingerprint density at radius 2 is 1.95 bits per heavy atom. The van der Waals surface area contributed by atoms with Crippen molar-refractivity contribution in [1.29, 1.82) is 0 Å². The molecule has 0 aromatic carbocycles. The Hall–Kier alpha value is -1.20. The molecule has 2 aromatic heterocycles. The molecule has 0 bridgehead atoms. The highest BCUT2D eigenvalue weighted by Gasteiger charge is 2.33. The molecule has 0 saturated carbocycles. The number of anilines is 1. The van der Waals surface area contributed by atoms with Gasteiger partial charge in [-0.1, -0.05) is 20.8 Å². The highest BCUT2D eigenvalue weighted by Crippen LogP contribution is 2.34. The SMILES string of the molecule is CCCNc1nc(C(CC)(CC)OCC)nc2sccc12. The van der Waals surface area contributed by atoms with Crippen molar-refractivity contribution in [2.75, 3.05) is 18.5 Å². The molecule has 2 aromatic rings. The predicted octanol–water partition coefficient (Wildman–Crippen LogP) is 4.57. The molecule has 21 heavy (non-hydrogen) atoms. The van der Waals surface area contributed by atoms with E-state index in [4.69, 9.17) is 14.7 Å². The number of fused-ring (bicyclic) bond motifs is 1. The first kappa shape index (κ1) is 16.2. The summed E-state index contributed by atoms with van der Waals surface area (Å²) in [5, 5.41) is 6.60. The molecular formula is C16H25N3OS. The molecule has 0 unspecified atom stereocenters. The van der Waals surface area contributed by atoms with E-state index in [1.54, 1.807) is 11.3 Å². The van der Waals surface area contributed by atoms with Crippen LogP contribution in [0.15, 0.2) is 11.4 Å². The summed E-state index contributed by atoms with van der Waals surface area (Å²) < 4.78 is 6.05. The summed E-state index contributed by atoms with van der Waals surface area (Å²) in [5.74, 6) is 1.74. The second kappa shape index (κ2) is 7.18. The minimum absolute atomic E-state index is 0.379. The number of hydrogen-bond donors (Lipinski definition) is 1. The van der Waals surface area contributed by atoms with Crippen molar-refractivity contribution in [2.45, 2.75) is 52.6 Å². The van der Waals surface area contributed by atoms with E-state index in [9.17, 15) is 0 Å². The summed E-state index contributed by atoms with van der Waals surface area (Å²) >= 11 is 1.66. The second-order valence-electron chi connectivity index (χ2n) is 5.10. The maximum Gasteiger partial charge on any atom is 0.164 e. The Kier molecular flexibility index (Phi) is 5.53. The molecule has 0 radical (unpaired) electrons. The number of thiophene rings is 1. The van der Waals surface area contributed by atoms with E-state index in [-0.39, 0.29) is 5.60 Å². The van der Waals surface area contributed by atoms with Crippen LogP contribution in [0, 0.1) is 0 Å². The van der Waals surface area contributed by atoms with Crippen LogP contribution in [0.2, 0.25) is 0 Å². The van der Waals surface area contributed by atoms with Crippen LogP contribution in [0.4, 0.5) is 5.82 Å². The predicted molar refractivity (Wildman–Crippen MR) is 90.1 cm³/mol. The van der Waals surface area contributed by atoms with Gasteiger partial charge in [-0.05, 0) is 37.6 Å². The van der Waals surface area contributed by atoms with Crippen LogP contribution in [0.1, 0.15) is 52.8 Å². The standard InChI is InChI=1S/C16H25N3OS/c1-5-10-17-13-12-9-11-21-14(12)19-15(18-13)16(6-2,7-3)20-8-4/h9,11H,5-8,10H2,1-4H3,(H,17,18,19). The normalized spacial score (nSPS) is 12.0. The quantitative estimate of drug-likeness (QED) is 0.776. The highest BCUT2D eigenvalue weighted by atomic mass is 32.1. The van der Waals surface area contributed by atoms with Gasteiger partial charge in [0.2, 0.25) is 0 Å². The van der Waals surface area contributed by atoms with E-state index in [0.717, 1.165) is 47.7 Å². The molecule has 116 valence electrons. The van der Waals surface area contributed by atoms with Gasteiger partial charge in [-0.3, -0.25) is 0 Å².